The third-order valence-electron chi connectivity index (χ3n) is 5.62. The molecule has 0 aliphatic heterocycles. The molecule has 1 fully saturated rings. The average Bonchev–Trinajstić information content (AvgIpc) is 3.01. The Balaban J connectivity index is 2.19. The Bertz CT molecular complexity index is 655. The number of aliphatic hydroxyl groups excluding tert-OH is 1. The van der Waals surface area contributed by atoms with E-state index >= 15 is 0 Å². The monoisotopic (exact) mass is 393 g/mol. The van der Waals surface area contributed by atoms with Crippen LogP contribution in [0.15, 0.2) is 24.3 Å². The molecule has 1 saturated carbocycles. The van der Waals surface area contributed by atoms with E-state index in [1.165, 1.54) is 6.07 Å². The number of esters is 1. The van der Waals surface area contributed by atoms with Gasteiger partial charge in [-0.05, 0) is 82.5 Å². The molecule has 0 heterocycles. The maximum atomic E-state index is 13.7. The largest absolute Gasteiger partial charge is 0.459 e. The molecule has 3 unspecified atom stereocenters. The van der Waals surface area contributed by atoms with Gasteiger partial charge in [0.15, 0.2) is 0 Å². The highest BCUT2D eigenvalue weighted by Gasteiger charge is 2.41. The molecule has 158 valence electrons. The normalized spacial score (nSPS) is 24.0. The van der Waals surface area contributed by atoms with Crippen molar-refractivity contribution in [3.63, 3.8) is 0 Å². The number of aliphatic hydroxyl groups is 1. The number of carbonyl (C=O) groups excluding carboxylic acids is 1. The van der Waals surface area contributed by atoms with E-state index in [9.17, 15) is 14.3 Å². The lowest BCUT2D eigenvalue weighted by Crippen LogP contribution is -2.47. The zero-order valence-corrected chi connectivity index (χ0v) is 18.1. The molecule has 1 N–H and O–H groups in total. The molecule has 5 heteroatoms. The Kier molecular flexibility index (Phi) is 7.63. The standard InChI is InChI=1S/C23H36FNO3/c1-15(2)10-21(22(27)28-23(3,4)5)25(6)19-12-17(14-26)20(13-19)16-8-7-9-18(24)11-16/h7-9,11,15,17,19-21,26H,10,12-14H2,1-6H3/t17?,19?,20?,21-/m1/s1. The number of benzene rings is 1. The summed E-state index contributed by atoms with van der Waals surface area (Å²) in [5.74, 6) is 0.0592. The van der Waals surface area contributed by atoms with Gasteiger partial charge in [-0.2, -0.15) is 0 Å². The van der Waals surface area contributed by atoms with Crippen molar-refractivity contribution < 1.29 is 19.0 Å². The number of likely N-dealkylation sites (N-methyl/N-ethyl adjacent to an activating group) is 1. The third kappa shape index (κ3) is 6.02. The summed E-state index contributed by atoms with van der Waals surface area (Å²) in [7, 11) is 1.98. The SMILES string of the molecule is CC(C)C[C@H](C(=O)OC(C)(C)C)N(C)C1CC(CO)C(c2cccc(F)c2)C1. The van der Waals surface area contributed by atoms with Gasteiger partial charge in [0.25, 0.3) is 0 Å². The Labute approximate surface area is 169 Å². The summed E-state index contributed by atoms with van der Waals surface area (Å²) in [4.78, 5) is 15.0. The first-order chi connectivity index (χ1) is 13.0. The highest BCUT2D eigenvalue weighted by atomic mass is 19.1. The Hall–Kier alpha value is -1.46. The van der Waals surface area contributed by atoms with E-state index in [2.05, 4.69) is 18.7 Å². The summed E-state index contributed by atoms with van der Waals surface area (Å²) in [6, 6.07) is 6.47. The molecular formula is C23H36FNO3. The van der Waals surface area contributed by atoms with Crippen molar-refractivity contribution in [3.05, 3.63) is 35.6 Å². The summed E-state index contributed by atoms with van der Waals surface area (Å²) in [5, 5.41) is 9.91. The van der Waals surface area contributed by atoms with Crippen molar-refractivity contribution in [2.45, 2.75) is 77.5 Å². The predicted octanol–water partition coefficient (Wildman–Crippen LogP) is 4.37. The zero-order chi connectivity index (χ0) is 21.1. The van der Waals surface area contributed by atoms with Gasteiger partial charge < -0.3 is 9.84 Å². The molecule has 0 aromatic heterocycles. The minimum Gasteiger partial charge on any atom is -0.459 e. The molecule has 0 saturated heterocycles. The van der Waals surface area contributed by atoms with Crippen LogP contribution in [0.1, 0.15) is 65.4 Å². The summed E-state index contributed by atoms with van der Waals surface area (Å²) in [5.41, 5.74) is 0.397. The lowest BCUT2D eigenvalue weighted by Gasteiger charge is -2.34. The molecule has 0 radical (unpaired) electrons. The first-order valence-electron chi connectivity index (χ1n) is 10.3. The van der Waals surface area contributed by atoms with Gasteiger partial charge >= 0.3 is 5.97 Å². The maximum absolute atomic E-state index is 13.7. The van der Waals surface area contributed by atoms with Gasteiger partial charge in [-0.1, -0.05) is 26.0 Å². The van der Waals surface area contributed by atoms with Gasteiger partial charge in [0, 0.05) is 12.6 Å². The van der Waals surface area contributed by atoms with E-state index in [0.29, 0.717) is 5.92 Å². The van der Waals surface area contributed by atoms with E-state index in [0.717, 1.165) is 24.8 Å². The first kappa shape index (κ1) is 22.8. The summed E-state index contributed by atoms with van der Waals surface area (Å²) >= 11 is 0. The lowest BCUT2D eigenvalue weighted by atomic mass is 9.89. The Morgan fingerprint density at radius 2 is 2.00 bits per heavy atom. The van der Waals surface area contributed by atoms with Gasteiger partial charge in [0.05, 0.1) is 0 Å². The molecule has 0 amide bonds. The minimum absolute atomic E-state index is 0.0623. The fraction of sp³-hybridized carbons (Fsp3) is 0.696. The van der Waals surface area contributed by atoms with Gasteiger partial charge in [-0.25, -0.2) is 4.39 Å². The summed E-state index contributed by atoms with van der Waals surface area (Å²) in [6.07, 6.45) is 2.30. The van der Waals surface area contributed by atoms with Crippen LogP contribution in [0.5, 0.6) is 0 Å². The number of ether oxygens (including phenoxy) is 1. The van der Waals surface area contributed by atoms with Gasteiger partial charge in [0.1, 0.15) is 17.5 Å². The molecule has 4 atom stereocenters. The number of rotatable bonds is 7. The van der Waals surface area contributed by atoms with Gasteiger partial charge in [-0.3, -0.25) is 9.69 Å². The number of nitrogens with zero attached hydrogens (tertiary/aromatic N) is 1. The van der Waals surface area contributed by atoms with E-state index < -0.39 is 5.60 Å². The van der Waals surface area contributed by atoms with Crippen molar-refractivity contribution in [2.75, 3.05) is 13.7 Å². The van der Waals surface area contributed by atoms with Crippen molar-refractivity contribution in [3.8, 4) is 0 Å². The average molecular weight is 394 g/mol. The number of hydrogen-bond acceptors (Lipinski definition) is 4. The third-order valence-corrected chi connectivity index (χ3v) is 5.62. The van der Waals surface area contributed by atoms with Crippen LogP contribution in [-0.2, 0) is 9.53 Å². The fourth-order valence-electron chi connectivity index (χ4n) is 4.27. The van der Waals surface area contributed by atoms with Crippen LogP contribution in [0.2, 0.25) is 0 Å². The molecule has 4 nitrogen and oxygen atoms in total. The summed E-state index contributed by atoms with van der Waals surface area (Å²) < 4.78 is 19.4. The molecule has 2 rings (SSSR count). The predicted molar refractivity (Wildman–Crippen MR) is 110 cm³/mol. The molecule has 28 heavy (non-hydrogen) atoms. The van der Waals surface area contributed by atoms with Crippen LogP contribution in [-0.4, -0.2) is 47.3 Å². The van der Waals surface area contributed by atoms with Crippen molar-refractivity contribution in [1.29, 1.82) is 0 Å². The molecular weight excluding hydrogens is 357 g/mol. The maximum Gasteiger partial charge on any atom is 0.323 e. The van der Waals surface area contributed by atoms with E-state index in [1.807, 2.05) is 33.9 Å². The molecule has 0 bridgehead atoms. The van der Waals surface area contributed by atoms with Crippen LogP contribution >= 0.6 is 0 Å². The lowest BCUT2D eigenvalue weighted by molar-refractivity contribution is -0.162. The van der Waals surface area contributed by atoms with Crippen LogP contribution in [0.4, 0.5) is 4.39 Å². The van der Waals surface area contributed by atoms with E-state index in [1.54, 1.807) is 12.1 Å². The van der Waals surface area contributed by atoms with Crippen molar-refractivity contribution in [2.24, 2.45) is 11.8 Å². The molecule has 1 aliphatic rings. The quantitative estimate of drug-likeness (QED) is 0.699. The van der Waals surface area contributed by atoms with Crippen molar-refractivity contribution in [1.82, 2.24) is 4.90 Å². The second-order valence-corrected chi connectivity index (χ2v) is 9.57. The number of hydrogen-bond donors (Lipinski definition) is 1. The van der Waals surface area contributed by atoms with Crippen LogP contribution in [0.25, 0.3) is 0 Å². The van der Waals surface area contributed by atoms with E-state index in [-0.39, 0.29) is 42.3 Å². The highest BCUT2D eigenvalue weighted by molar-refractivity contribution is 5.76. The highest BCUT2D eigenvalue weighted by Crippen LogP contribution is 2.42. The topological polar surface area (TPSA) is 49.8 Å². The number of halogens is 1. The Morgan fingerprint density at radius 1 is 1.32 bits per heavy atom. The van der Waals surface area contributed by atoms with E-state index in [4.69, 9.17) is 4.74 Å². The molecule has 1 aromatic rings. The second-order valence-electron chi connectivity index (χ2n) is 9.57. The Morgan fingerprint density at radius 3 is 2.54 bits per heavy atom. The van der Waals surface area contributed by atoms with Gasteiger partial charge in [-0.15, -0.1) is 0 Å². The zero-order valence-electron chi connectivity index (χ0n) is 18.1. The van der Waals surface area contributed by atoms with Crippen LogP contribution in [0.3, 0.4) is 0 Å². The second kappa shape index (κ2) is 9.36. The smallest absolute Gasteiger partial charge is 0.323 e. The van der Waals surface area contributed by atoms with Crippen LogP contribution in [0, 0.1) is 17.7 Å². The fourth-order valence-corrected chi connectivity index (χ4v) is 4.27. The van der Waals surface area contributed by atoms with Gasteiger partial charge in [0.2, 0.25) is 0 Å². The summed E-state index contributed by atoms with van der Waals surface area (Å²) in [6.45, 7) is 9.92. The minimum atomic E-state index is -0.527. The molecule has 0 spiro atoms. The molecule has 1 aliphatic carbocycles. The van der Waals surface area contributed by atoms with Crippen LogP contribution < -0.4 is 0 Å². The van der Waals surface area contributed by atoms with Crippen molar-refractivity contribution >= 4 is 5.97 Å². The molecule has 1 aromatic carbocycles. The number of carbonyl (C=O) groups is 1. The first-order valence-corrected chi connectivity index (χ1v) is 10.3.